The summed E-state index contributed by atoms with van der Waals surface area (Å²) in [5.74, 6) is 0.876. The number of benzene rings is 1. The molecule has 0 N–H and O–H groups in total. The van der Waals surface area contributed by atoms with Gasteiger partial charge in [0.2, 0.25) is 5.91 Å². The van der Waals surface area contributed by atoms with Crippen LogP contribution in [0.25, 0.3) is 22.5 Å². The van der Waals surface area contributed by atoms with E-state index in [9.17, 15) is 9.18 Å². The predicted molar refractivity (Wildman–Crippen MR) is 137 cm³/mol. The van der Waals surface area contributed by atoms with Crippen molar-refractivity contribution in [3.8, 4) is 22.5 Å². The van der Waals surface area contributed by atoms with Gasteiger partial charge in [-0.25, -0.2) is 9.37 Å². The zero-order chi connectivity index (χ0) is 24.9. The van der Waals surface area contributed by atoms with Crippen LogP contribution in [0.2, 0.25) is 5.02 Å². The van der Waals surface area contributed by atoms with Gasteiger partial charge >= 0.3 is 0 Å². The summed E-state index contributed by atoms with van der Waals surface area (Å²) in [5.41, 5.74) is 3.46. The highest BCUT2D eigenvalue weighted by atomic mass is 35.5. The number of hydrogen-bond donors (Lipinski definition) is 0. The van der Waals surface area contributed by atoms with Gasteiger partial charge in [0.25, 0.3) is 0 Å². The first kappa shape index (κ1) is 24.5. The summed E-state index contributed by atoms with van der Waals surface area (Å²) >= 11 is 6.49. The SMILES string of the molecule is O=C(CN1CCOCC1)N1CCN(c2cnc(-c3ccc(CF)cc3)c(-c3ccncc3Cl)n2)CC1. The van der Waals surface area contributed by atoms with Crippen LogP contribution in [0.15, 0.2) is 48.9 Å². The van der Waals surface area contributed by atoms with E-state index in [1.54, 1.807) is 30.7 Å². The second kappa shape index (κ2) is 11.3. The van der Waals surface area contributed by atoms with E-state index in [-0.39, 0.29) is 5.91 Å². The Hall–Kier alpha value is -3.14. The Bertz CT molecular complexity index is 1200. The lowest BCUT2D eigenvalue weighted by atomic mass is 10.0. The summed E-state index contributed by atoms with van der Waals surface area (Å²) in [6.45, 7) is 5.45. The van der Waals surface area contributed by atoms with E-state index in [0.29, 0.717) is 67.9 Å². The fourth-order valence-electron chi connectivity index (χ4n) is 4.49. The fourth-order valence-corrected chi connectivity index (χ4v) is 4.69. The number of rotatable bonds is 6. The van der Waals surface area contributed by atoms with Crippen LogP contribution in [0.4, 0.5) is 10.2 Å². The minimum atomic E-state index is -0.519. The molecule has 8 nitrogen and oxygen atoms in total. The number of amides is 1. The van der Waals surface area contributed by atoms with Gasteiger partial charge in [0.1, 0.15) is 18.2 Å². The van der Waals surface area contributed by atoms with Crippen LogP contribution >= 0.6 is 11.6 Å². The van der Waals surface area contributed by atoms with E-state index in [2.05, 4.69) is 14.8 Å². The summed E-state index contributed by atoms with van der Waals surface area (Å²) < 4.78 is 18.4. The summed E-state index contributed by atoms with van der Waals surface area (Å²) in [7, 11) is 0. The van der Waals surface area contributed by atoms with Crippen LogP contribution in [0.3, 0.4) is 0 Å². The van der Waals surface area contributed by atoms with E-state index < -0.39 is 6.67 Å². The Morgan fingerprint density at radius 2 is 1.72 bits per heavy atom. The van der Waals surface area contributed by atoms with Crippen LogP contribution in [-0.2, 0) is 16.2 Å². The molecular weight excluding hydrogens is 483 g/mol. The van der Waals surface area contributed by atoms with Crippen LogP contribution in [0, 0.1) is 0 Å². The average Bonchev–Trinajstić information content (AvgIpc) is 2.94. The van der Waals surface area contributed by atoms with E-state index in [1.807, 2.05) is 23.1 Å². The van der Waals surface area contributed by atoms with Crippen molar-refractivity contribution >= 4 is 23.3 Å². The summed E-state index contributed by atoms with van der Waals surface area (Å²) in [4.78, 5) is 32.8. The van der Waals surface area contributed by atoms with Crippen LogP contribution in [0.5, 0.6) is 0 Å². The molecule has 0 atom stereocenters. The lowest BCUT2D eigenvalue weighted by molar-refractivity contribution is -0.133. The van der Waals surface area contributed by atoms with E-state index >= 15 is 0 Å². The third-order valence-corrected chi connectivity index (χ3v) is 6.89. The Kier molecular flexibility index (Phi) is 7.69. The van der Waals surface area contributed by atoms with Gasteiger partial charge in [-0.1, -0.05) is 35.9 Å². The van der Waals surface area contributed by atoms with Crippen molar-refractivity contribution in [2.75, 3.05) is 63.9 Å². The second-order valence-corrected chi connectivity index (χ2v) is 9.28. The Labute approximate surface area is 214 Å². The number of carbonyl (C=O) groups excluding carboxylic acids is 1. The molecule has 36 heavy (non-hydrogen) atoms. The molecule has 2 aliphatic heterocycles. The molecule has 0 aliphatic carbocycles. The predicted octanol–water partition coefficient (Wildman–Crippen LogP) is 3.31. The molecule has 5 rings (SSSR count). The maximum atomic E-state index is 13.0. The molecule has 0 bridgehead atoms. The molecule has 0 unspecified atom stereocenters. The molecule has 3 aromatic rings. The molecule has 10 heteroatoms. The molecule has 2 aromatic heterocycles. The van der Waals surface area contributed by atoms with Crippen LogP contribution in [0.1, 0.15) is 5.56 Å². The zero-order valence-electron chi connectivity index (χ0n) is 19.9. The van der Waals surface area contributed by atoms with Crippen molar-refractivity contribution in [1.82, 2.24) is 24.8 Å². The molecule has 0 spiro atoms. The first-order chi connectivity index (χ1) is 17.6. The standard InChI is InChI=1S/C26H28ClFN6O2/c27-22-16-29-6-5-21(22)26-25(20-3-1-19(15-28)2-4-20)30-17-23(31-26)33-7-9-34(10-8-33)24(35)18-32-11-13-36-14-12-32/h1-6,16-17H,7-15,18H2. The molecule has 1 aromatic carbocycles. The van der Waals surface area contributed by atoms with Crippen LogP contribution in [-0.4, -0.2) is 89.7 Å². The number of ether oxygens (including phenoxy) is 1. The van der Waals surface area contributed by atoms with Gasteiger partial charge in [0.15, 0.2) is 0 Å². The Morgan fingerprint density at radius 3 is 2.42 bits per heavy atom. The number of carbonyl (C=O) groups is 1. The number of halogens is 2. The first-order valence-electron chi connectivity index (χ1n) is 12.1. The lowest BCUT2D eigenvalue weighted by Crippen LogP contribution is -2.52. The summed E-state index contributed by atoms with van der Waals surface area (Å²) in [6, 6.07) is 9.00. The number of morpholine rings is 1. The van der Waals surface area contributed by atoms with Crippen molar-refractivity contribution < 1.29 is 13.9 Å². The minimum absolute atomic E-state index is 0.152. The van der Waals surface area contributed by atoms with Gasteiger partial charge in [-0.3, -0.25) is 19.7 Å². The number of nitrogens with zero attached hydrogens (tertiary/aromatic N) is 6. The topological polar surface area (TPSA) is 74.7 Å². The second-order valence-electron chi connectivity index (χ2n) is 8.87. The number of anilines is 1. The third kappa shape index (κ3) is 5.48. The van der Waals surface area contributed by atoms with Crippen molar-refractivity contribution in [3.63, 3.8) is 0 Å². The first-order valence-corrected chi connectivity index (χ1v) is 12.4. The molecule has 4 heterocycles. The van der Waals surface area contributed by atoms with E-state index in [0.717, 1.165) is 30.0 Å². The molecule has 188 valence electrons. The van der Waals surface area contributed by atoms with Gasteiger partial charge in [-0.2, -0.15) is 0 Å². The fraction of sp³-hybridized carbons (Fsp3) is 0.385. The Balaban J connectivity index is 1.35. The van der Waals surface area contributed by atoms with Gasteiger partial charge < -0.3 is 14.5 Å². The highest BCUT2D eigenvalue weighted by Crippen LogP contribution is 2.34. The lowest BCUT2D eigenvalue weighted by Gasteiger charge is -2.37. The van der Waals surface area contributed by atoms with Crippen LogP contribution < -0.4 is 4.90 Å². The van der Waals surface area contributed by atoms with Crippen molar-refractivity contribution in [2.45, 2.75) is 6.67 Å². The maximum absolute atomic E-state index is 13.0. The number of piperazine rings is 1. The maximum Gasteiger partial charge on any atom is 0.236 e. The summed E-state index contributed by atoms with van der Waals surface area (Å²) in [6.07, 6.45) is 5.01. The number of alkyl halides is 1. The van der Waals surface area contributed by atoms with Crippen molar-refractivity contribution in [2.24, 2.45) is 0 Å². The van der Waals surface area contributed by atoms with Crippen molar-refractivity contribution in [3.05, 3.63) is 59.5 Å². The van der Waals surface area contributed by atoms with Gasteiger partial charge in [-0.05, 0) is 11.6 Å². The quantitative estimate of drug-likeness (QED) is 0.503. The zero-order valence-corrected chi connectivity index (χ0v) is 20.7. The van der Waals surface area contributed by atoms with Gasteiger partial charge in [0.05, 0.1) is 36.7 Å². The largest absolute Gasteiger partial charge is 0.379 e. The molecule has 0 saturated carbocycles. The number of hydrogen-bond acceptors (Lipinski definition) is 7. The van der Waals surface area contributed by atoms with Crippen molar-refractivity contribution in [1.29, 1.82) is 0 Å². The highest BCUT2D eigenvalue weighted by molar-refractivity contribution is 6.33. The molecule has 2 fully saturated rings. The van der Waals surface area contributed by atoms with Gasteiger partial charge in [-0.15, -0.1) is 0 Å². The number of aromatic nitrogens is 3. The molecule has 0 radical (unpaired) electrons. The molecule has 2 aliphatic rings. The molecule has 2 saturated heterocycles. The normalized spacial score (nSPS) is 16.8. The highest BCUT2D eigenvalue weighted by Gasteiger charge is 2.25. The summed E-state index contributed by atoms with van der Waals surface area (Å²) in [5, 5.41) is 0.476. The molecule has 1 amide bonds. The molecular formula is C26H28ClFN6O2. The average molecular weight is 511 g/mol. The van der Waals surface area contributed by atoms with E-state index in [1.165, 1.54) is 0 Å². The monoisotopic (exact) mass is 510 g/mol. The third-order valence-electron chi connectivity index (χ3n) is 6.59. The van der Waals surface area contributed by atoms with E-state index in [4.69, 9.17) is 26.3 Å². The van der Waals surface area contributed by atoms with Gasteiger partial charge in [0, 0.05) is 62.8 Å². The smallest absolute Gasteiger partial charge is 0.236 e. The Morgan fingerprint density at radius 1 is 0.972 bits per heavy atom. The number of pyridine rings is 1. The minimum Gasteiger partial charge on any atom is -0.379 e.